The zero-order valence-electron chi connectivity index (χ0n) is 10.7. The van der Waals surface area contributed by atoms with Gasteiger partial charge < -0.3 is 5.32 Å². The molecule has 0 aliphatic carbocycles. The van der Waals surface area contributed by atoms with Crippen molar-refractivity contribution in [2.24, 2.45) is 0 Å². The van der Waals surface area contributed by atoms with E-state index in [-0.39, 0.29) is 0 Å². The number of thiophene rings is 1. The summed E-state index contributed by atoms with van der Waals surface area (Å²) in [6.45, 7) is 5.35. The SMILES string of the molecule is CCNC(Cc1ccc(Br)cc1)c1sccc1C. The van der Waals surface area contributed by atoms with Crippen LogP contribution >= 0.6 is 27.3 Å². The van der Waals surface area contributed by atoms with Crippen LogP contribution < -0.4 is 5.32 Å². The summed E-state index contributed by atoms with van der Waals surface area (Å²) in [7, 11) is 0. The minimum atomic E-state index is 0.427. The Bertz CT molecular complexity index is 489. The summed E-state index contributed by atoms with van der Waals surface area (Å²) in [6, 6.07) is 11.2. The van der Waals surface area contributed by atoms with Crippen LogP contribution in [0.25, 0.3) is 0 Å². The second-order valence-corrected chi connectivity index (χ2v) is 6.27. The van der Waals surface area contributed by atoms with Gasteiger partial charge in [0, 0.05) is 15.4 Å². The molecule has 0 amide bonds. The molecule has 0 aliphatic rings. The van der Waals surface area contributed by atoms with Crippen LogP contribution in [0.15, 0.2) is 40.2 Å². The molecule has 1 aromatic heterocycles. The fourth-order valence-corrected chi connectivity index (χ4v) is 3.37. The molecule has 0 saturated heterocycles. The number of nitrogens with one attached hydrogen (secondary N) is 1. The van der Waals surface area contributed by atoms with Crippen molar-refractivity contribution in [2.45, 2.75) is 26.3 Å². The quantitative estimate of drug-likeness (QED) is 0.840. The van der Waals surface area contributed by atoms with E-state index in [0.717, 1.165) is 17.4 Å². The maximum absolute atomic E-state index is 3.59. The van der Waals surface area contributed by atoms with Gasteiger partial charge in [-0.15, -0.1) is 11.3 Å². The van der Waals surface area contributed by atoms with Gasteiger partial charge in [0.05, 0.1) is 0 Å². The molecule has 1 unspecified atom stereocenters. The zero-order valence-corrected chi connectivity index (χ0v) is 13.1. The van der Waals surface area contributed by atoms with Gasteiger partial charge in [0.1, 0.15) is 0 Å². The molecule has 1 nitrogen and oxygen atoms in total. The van der Waals surface area contributed by atoms with Crippen molar-refractivity contribution in [3.05, 3.63) is 56.2 Å². The molecule has 2 aromatic rings. The van der Waals surface area contributed by atoms with Crippen LogP contribution in [0.2, 0.25) is 0 Å². The number of halogens is 1. The molecule has 1 aromatic carbocycles. The third kappa shape index (κ3) is 3.44. The first kappa shape index (κ1) is 13.8. The standard InChI is InChI=1S/C15H18BrNS/c1-3-17-14(15-11(2)8-9-18-15)10-12-4-6-13(16)7-5-12/h4-9,14,17H,3,10H2,1-2H3. The first-order valence-corrected chi connectivity index (χ1v) is 7.89. The smallest absolute Gasteiger partial charge is 0.0458 e. The van der Waals surface area contributed by atoms with Gasteiger partial charge in [-0.3, -0.25) is 0 Å². The molecule has 3 heteroatoms. The Balaban J connectivity index is 2.16. The van der Waals surface area contributed by atoms with Gasteiger partial charge in [0.2, 0.25) is 0 Å². The van der Waals surface area contributed by atoms with Crippen molar-refractivity contribution in [3.63, 3.8) is 0 Å². The molecule has 1 N–H and O–H groups in total. The van der Waals surface area contributed by atoms with Crippen LogP contribution in [-0.4, -0.2) is 6.54 Å². The molecule has 18 heavy (non-hydrogen) atoms. The van der Waals surface area contributed by atoms with Crippen molar-refractivity contribution in [2.75, 3.05) is 6.54 Å². The zero-order chi connectivity index (χ0) is 13.0. The van der Waals surface area contributed by atoms with Crippen LogP contribution in [-0.2, 0) is 6.42 Å². The lowest BCUT2D eigenvalue weighted by Gasteiger charge is -2.18. The summed E-state index contributed by atoms with van der Waals surface area (Å²) < 4.78 is 1.14. The summed E-state index contributed by atoms with van der Waals surface area (Å²) in [5, 5.41) is 5.76. The number of hydrogen-bond donors (Lipinski definition) is 1. The number of hydrogen-bond acceptors (Lipinski definition) is 2. The summed E-state index contributed by atoms with van der Waals surface area (Å²) in [4.78, 5) is 1.46. The molecule has 0 fully saturated rings. The minimum Gasteiger partial charge on any atom is -0.309 e. The molecule has 0 radical (unpaired) electrons. The normalized spacial score (nSPS) is 12.6. The van der Waals surface area contributed by atoms with E-state index in [2.05, 4.69) is 70.8 Å². The molecule has 1 heterocycles. The Kier molecular flexibility index (Phi) is 4.98. The number of benzene rings is 1. The third-order valence-corrected chi connectivity index (χ3v) is 4.68. The van der Waals surface area contributed by atoms with Gasteiger partial charge >= 0.3 is 0 Å². The first-order valence-electron chi connectivity index (χ1n) is 6.22. The van der Waals surface area contributed by atoms with E-state index in [1.165, 1.54) is 16.0 Å². The van der Waals surface area contributed by atoms with Crippen LogP contribution in [0.5, 0.6) is 0 Å². The fourth-order valence-electron chi connectivity index (χ4n) is 2.10. The summed E-state index contributed by atoms with van der Waals surface area (Å²) in [5.41, 5.74) is 2.76. The molecular weight excluding hydrogens is 306 g/mol. The van der Waals surface area contributed by atoms with Crippen molar-refractivity contribution >= 4 is 27.3 Å². The predicted octanol–water partition coefficient (Wildman–Crippen LogP) is 4.71. The highest BCUT2D eigenvalue weighted by atomic mass is 79.9. The Hall–Kier alpha value is -0.640. The maximum Gasteiger partial charge on any atom is 0.0458 e. The first-order chi connectivity index (χ1) is 8.70. The van der Waals surface area contributed by atoms with Crippen LogP contribution in [0, 0.1) is 6.92 Å². The van der Waals surface area contributed by atoms with Gasteiger partial charge in [0.25, 0.3) is 0 Å². The van der Waals surface area contributed by atoms with Crippen molar-refractivity contribution in [3.8, 4) is 0 Å². The molecule has 96 valence electrons. The Morgan fingerprint density at radius 3 is 2.50 bits per heavy atom. The van der Waals surface area contributed by atoms with Gasteiger partial charge in [0.15, 0.2) is 0 Å². The number of likely N-dealkylation sites (N-methyl/N-ethyl adjacent to an activating group) is 1. The highest BCUT2D eigenvalue weighted by molar-refractivity contribution is 9.10. The lowest BCUT2D eigenvalue weighted by atomic mass is 10.0. The Labute approximate surface area is 121 Å². The summed E-state index contributed by atoms with van der Waals surface area (Å²) in [5.74, 6) is 0. The second kappa shape index (κ2) is 6.50. The second-order valence-electron chi connectivity index (χ2n) is 4.41. The topological polar surface area (TPSA) is 12.0 Å². The Morgan fingerprint density at radius 1 is 1.22 bits per heavy atom. The predicted molar refractivity (Wildman–Crippen MR) is 83.3 cm³/mol. The summed E-state index contributed by atoms with van der Waals surface area (Å²) >= 11 is 5.33. The van der Waals surface area contributed by atoms with Crippen molar-refractivity contribution in [1.82, 2.24) is 5.32 Å². The molecule has 0 saturated carbocycles. The van der Waals surface area contributed by atoms with E-state index in [1.54, 1.807) is 0 Å². The highest BCUT2D eigenvalue weighted by Gasteiger charge is 2.14. The lowest BCUT2D eigenvalue weighted by molar-refractivity contribution is 0.556. The van der Waals surface area contributed by atoms with E-state index in [0.29, 0.717) is 6.04 Å². The van der Waals surface area contributed by atoms with E-state index < -0.39 is 0 Å². The van der Waals surface area contributed by atoms with Crippen LogP contribution in [0.3, 0.4) is 0 Å². The van der Waals surface area contributed by atoms with Crippen molar-refractivity contribution in [1.29, 1.82) is 0 Å². The average Bonchev–Trinajstić information content (AvgIpc) is 2.78. The molecular formula is C15H18BrNS. The number of rotatable bonds is 5. The van der Waals surface area contributed by atoms with E-state index in [9.17, 15) is 0 Å². The van der Waals surface area contributed by atoms with E-state index in [4.69, 9.17) is 0 Å². The van der Waals surface area contributed by atoms with Gasteiger partial charge in [-0.2, -0.15) is 0 Å². The largest absolute Gasteiger partial charge is 0.309 e. The van der Waals surface area contributed by atoms with E-state index in [1.807, 2.05) is 11.3 Å². The van der Waals surface area contributed by atoms with Crippen LogP contribution in [0.4, 0.5) is 0 Å². The lowest BCUT2D eigenvalue weighted by Crippen LogP contribution is -2.22. The monoisotopic (exact) mass is 323 g/mol. The molecule has 2 rings (SSSR count). The molecule has 0 aliphatic heterocycles. The summed E-state index contributed by atoms with van der Waals surface area (Å²) in [6.07, 6.45) is 1.04. The molecule has 0 spiro atoms. The molecule has 0 bridgehead atoms. The van der Waals surface area contributed by atoms with Gasteiger partial charge in [-0.05, 0) is 54.6 Å². The number of aryl methyl sites for hydroxylation is 1. The highest BCUT2D eigenvalue weighted by Crippen LogP contribution is 2.27. The van der Waals surface area contributed by atoms with E-state index >= 15 is 0 Å². The van der Waals surface area contributed by atoms with Gasteiger partial charge in [-0.1, -0.05) is 35.0 Å². The third-order valence-electron chi connectivity index (χ3n) is 3.02. The van der Waals surface area contributed by atoms with Crippen molar-refractivity contribution < 1.29 is 0 Å². The minimum absolute atomic E-state index is 0.427. The van der Waals surface area contributed by atoms with Gasteiger partial charge in [-0.25, -0.2) is 0 Å². The maximum atomic E-state index is 3.59. The van der Waals surface area contributed by atoms with Crippen LogP contribution in [0.1, 0.15) is 29.0 Å². The average molecular weight is 324 g/mol. The fraction of sp³-hybridized carbons (Fsp3) is 0.333. The Morgan fingerprint density at radius 2 is 1.94 bits per heavy atom. The molecule has 1 atom stereocenters.